The Morgan fingerprint density at radius 1 is 0.853 bits per heavy atom. The van der Waals surface area contributed by atoms with Gasteiger partial charge in [-0.05, 0) is 72.4 Å². The second-order valence-electron chi connectivity index (χ2n) is 9.73. The molecule has 0 radical (unpaired) electrons. The predicted molar refractivity (Wildman–Crippen MR) is 139 cm³/mol. The molecule has 0 N–H and O–H groups in total. The summed E-state index contributed by atoms with van der Waals surface area (Å²) in [5.74, 6) is 1.15. The van der Waals surface area contributed by atoms with Gasteiger partial charge in [-0.1, -0.05) is 50.2 Å². The second-order valence-corrected chi connectivity index (χ2v) is 9.73. The summed E-state index contributed by atoms with van der Waals surface area (Å²) in [5.41, 5.74) is 6.29. The molecule has 3 nitrogen and oxygen atoms in total. The number of aryl methyl sites for hydroxylation is 2. The van der Waals surface area contributed by atoms with Gasteiger partial charge in [-0.3, -0.25) is 4.90 Å². The molecule has 3 aromatic carbocycles. The number of anilines is 1. The van der Waals surface area contributed by atoms with E-state index < -0.39 is 0 Å². The molecule has 0 spiro atoms. The lowest BCUT2D eigenvalue weighted by Crippen LogP contribution is -2.47. The SMILES string of the molecule is Cc1cc(O[C@H](CCN2CCN(c3ccccc3C)CC2)c2ccc(F)cc2)ccc1C(C)C. The Balaban J connectivity index is 1.41. The van der Waals surface area contributed by atoms with Crippen molar-refractivity contribution in [2.24, 2.45) is 0 Å². The van der Waals surface area contributed by atoms with Gasteiger partial charge in [0.25, 0.3) is 0 Å². The van der Waals surface area contributed by atoms with Crippen LogP contribution in [0, 0.1) is 19.7 Å². The molecule has 1 heterocycles. The van der Waals surface area contributed by atoms with Crippen LogP contribution in [0.4, 0.5) is 10.1 Å². The summed E-state index contributed by atoms with van der Waals surface area (Å²) in [5, 5.41) is 0. The summed E-state index contributed by atoms with van der Waals surface area (Å²) in [6.45, 7) is 13.8. The second kappa shape index (κ2) is 11.1. The van der Waals surface area contributed by atoms with Crippen LogP contribution in [0.15, 0.2) is 66.7 Å². The van der Waals surface area contributed by atoms with Crippen LogP contribution in [0.5, 0.6) is 5.75 Å². The van der Waals surface area contributed by atoms with E-state index in [1.807, 2.05) is 12.1 Å². The van der Waals surface area contributed by atoms with Gasteiger partial charge in [0.2, 0.25) is 0 Å². The first-order valence-electron chi connectivity index (χ1n) is 12.5. The molecule has 1 saturated heterocycles. The zero-order valence-electron chi connectivity index (χ0n) is 20.9. The van der Waals surface area contributed by atoms with Crippen LogP contribution in [0.25, 0.3) is 0 Å². The summed E-state index contributed by atoms with van der Waals surface area (Å²) in [6, 6.07) is 21.7. The van der Waals surface area contributed by atoms with E-state index in [2.05, 4.69) is 80.0 Å². The Morgan fingerprint density at radius 3 is 2.21 bits per heavy atom. The Morgan fingerprint density at radius 2 is 1.56 bits per heavy atom. The standard InChI is InChI=1S/C30H37FN2O/c1-22(2)28-14-13-27(21-24(28)4)34-30(25-9-11-26(31)12-10-25)15-16-32-17-19-33(20-18-32)29-8-6-5-7-23(29)3/h5-14,21-22,30H,15-20H2,1-4H3/t30-/m1/s1. The molecule has 4 heteroatoms. The van der Waals surface area contributed by atoms with Crippen molar-refractivity contribution < 1.29 is 9.13 Å². The number of rotatable bonds is 8. The number of benzene rings is 3. The van der Waals surface area contributed by atoms with Crippen LogP contribution >= 0.6 is 0 Å². The fraction of sp³-hybridized carbons (Fsp3) is 0.400. The monoisotopic (exact) mass is 460 g/mol. The highest BCUT2D eigenvalue weighted by Crippen LogP contribution is 2.29. The van der Waals surface area contributed by atoms with Gasteiger partial charge in [0.1, 0.15) is 17.7 Å². The molecular formula is C30H37FN2O. The van der Waals surface area contributed by atoms with Crippen LogP contribution < -0.4 is 9.64 Å². The Hall–Kier alpha value is -2.85. The molecule has 0 aromatic heterocycles. The minimum absolute atomic E-state index is 0.112. The maximum atomic E-state index is 13.6. The first-order chi connectivity index (χ1) is 16.4. The van der Waals surface area contributed by atoms with Gasteiger partial charge < -0.3 is 9.64 Å². The van der Waals surface area contributed by atoms with Crippen molar-refractivity contribution in [2.75, 3.05) is 37.6 Å². The third-order valence-corrected chi connectivity index (χ3v) is 6.92. The zero-order chi connectivity index (χ0) is 24.1. The van der Waals surface area contributed by atoms with Crippen molar-refractivity contribution in [3.8, 4) is 5.75 Å². The minimum Gasteiger partial charge on any atom is -0.486 e. The average Bonchev–Trinajstić information content (AvgIpc) is 2.83. The predicted octanol–water partition coefficient (Wildman–Crippen LogP) is 6.90. The van der Waals surface area contributed by atoms with Gasteiger partial charge in [-0.2, -0.15) is 0 Å². The number of para-hydroxylation sites is 1. The van der Waals surface area contributed by atoms with Crippen LogP contribution in [0.3, 0.4) is 0 Å². The topological polar surface area (TPSA) is 15.7 Å². The van der Waals surface area contributed by atoms with E-state index in [0.717, 1.165) is 50.5 Å². The summed E-state index contributed by atoms with van der Waals surface area (Å²) < 4.78 is 20.1. The maximum Gasteiger partial charge on any atom is 0.125 e. The van der Waals surface area contributed by atoms with E-state index >= 15 is 0 Å². The first-order valence-corrected chi connectivity index (χ1v) is 12.5. The first kappa shape index (κ1) is 24.3. The summed E-state index contributed by atoms with van der Waals surface area (Å²) >= 11 is 0. The molecule has 180 valence electrons. The lowest BCUT2D eigenvalue weighted by Gasteiger charge is -2.37. The van der Waals surface area contributed by atoms with Gasteiger partial charge >= 0.3 is 0 Å². The fourth-order valence-electron chi connectivity index (χ4n) is 4.94. The third-order valence-electron chi connectivity index (χ3n) is 6.92. The van der Waals surface area contributed by atoms with Crippen LogP contribution in [-0.4, -0.2) is 37.6 Å². The van der Waals surface area contributed by atoms with E-state index in [-0.39, 0.29) is 11.9 Å². The molecule has 1 aliphatic heterocycles. The van der Waals surface area contributed by atoms with Crippen molar-refractivity contribution >= 4 is 5.69 Å². The number of nitrogens with zero attached hydrogens (tertiary/aromatic N) is 2. The highest BCUT2D eigenvalue weighted by molar-refractivity contribution is 5.53. The molecule has 3 aromatic rings. The third kappa shape index (κ3) is 5.98. The molecule has 4 rings (SSSR count). The minimum atomic E-state index is -0.216. The van der Waals surface area contributed by atoms with Crippen molar-refractivity contribution in [3.05, 3.63) is 94.8 Å². The maximum absolute atomic E-state index is 13.6. The van der Waals surface area contributed by atoms with Crippen molar-refractivity contribution in [2.45, 2.75) is 46.1 Å². The van der Waals surface area contributed by atoms with E-state index in [1.54, 1.807) is 0 Å². The lowest BCUT2D eigenvalue weighted by atomic mass is 9.98. The highest BCUT2D eigenvalue weighted by Gasteiger charge is 2.21. The van der Waals surface area contributed by atoms with Crippen molar-refractivity contribution in [1.82, 2.24) is 4.90 Å². The largest absolute Gasteiger partial charge is 0.486 e. The number of hydrogen-bond acceptors (Lipinski definition) is 3. The number of piperazine rings is 1. The quantitative estimate of drug-likeness (QED) is 0.364. The van der Waals surface area contributed by atoms with Gasteiger partial charge in [0.05, 0.1) is 0 Å². The number of hydrogen-bond donors (Lipinski definition) is 0. The molecule has 0 saturated carbocycles. The smallest absolute Gasteiger partial charge is 0.125 e. The van der Waals surface area contributed by atoms with Crippen LogP contribution in [-0.2, 0) is 0 Å². The van der Waals surface area contributed by atoms with E-state index in [9.17, 15) is 4.39 Å². The normalized spacial score (nSPS) is 15.5. The Bertz CT molecular complexity index is 1070. The van der Waals surface area contributed by atoms with E-state index in [4.69, 9.17) is 4.74 Å². The molecule has 1 atom stereocenters. The molecule has 34 heavy (non-hydrogen) atoms. The molecule has 0 bridgehead atoms. The number of halogens is 1. The Kier molecular flexibility index (Phi) is 7.89. The van der Waals surface area contributed by atoms with Crippen LogP contribution in [0.2, 0.25) is 0 Å². The molecule has 0 unspecified atom stereocenters. The Labute approximate surface area is 204 Å². The summed E-state index contributed by atoms with van der Waals surface area (Å²) in [6.07, 6.45) is 0.750. The van der Waals surface area contributed by atoms with E-state index in [0.29, 0.717) is 5.92 Å². The lowest BCUT2D eigenvalue weighted by molar-refractivity contribution is 0.160. The molecule has 0 amide bonds. The fourth-order valence-corrected chi connectivity index (χ4v) is 4.94. The molecule has 1 aliphatic rings. The van der Waals surface area contributed by atoms with Crippen LogP contribution in [0.1, 0.15) is 54.5 Å². The average molecular weight is 461 g/mol. The van der Waals surface area contributed by atoms with Gasteiger partial charge in [0.15, 0.2) is 0 Å². The highest BCUT2D eigenvalue weighted by atomic mass is 19.1. The molecule has 1 fully saturated rings. The van der Waals surface area contributed by atoms with Gasteiger partial charge in [-0.25, -0.2) is 4.39 Å². The summed E-state index contributed by atoms with van der Waals surface area (Å²) in [4.78, 5) is 5.00. The van der Waals surface area contributed by atoms with Gasteiger partial charge in [0, 0.05) is 44.8 Å². The van der Waals surface area contributed by atoms with Crippen molar-refractivity contribution in [3.63, 3.8) is 0 Å². The molecular weight excluding hydrogens is 423 g/mol. The van der Waals surface area contributed by atoms with Gasteiger partial charge in [-0.15, -0.1) is 0 Å². The molecule has 0 aliphatic carbocycles. The number of ether oxygens (including phenoxy) is 1. The summed E-state index contributed by atoms with van der Waals surface area (Å²) in [7, 11) is 0. The zero-order valence-corrected chi connectivity index (χ0v) is 20.9. The van der Waals surface area contributed by atoms with E-state index in [1.165, 1.54) is 34.5 Å². The van der Waals surface area contributed by atoms with Crippen molar-refractivity contribution in [1.29, 1.82) is 0 Å².